The molecule has 1 fully saturated rings. The highest BCUT2D eigenvalue weighted by atomic mass is 32.1. The molecule has 2 unspecified atom stereocenters. The Morgan fingerprint density at radius 3 is 3.00 bits per heavy atom. The van der Waals surface area contributed by atoms with E-state index in [1.54, 1.807) is 11.3 Å². The summed E-state index contributed by atoms with van der Waals surface area (Å²) in [4.78, 5) is 21.8. The van der Waals surface area contributed by atoms with E-state index in [0.717, 1.165) is 49.6 Å². The fraction of sp³-hybridized carbons (Fsp3) is 0.714. The molecule has 0 bridgehead atoms. The van der Waals surface area contributed by atoms with Crippen LogP contribution in [0.15, 0.2) is 0 Å². The van der Waals surface area contributed by atoms with Gasteiger partial charge in [0.2, 0.25) is 0 Å². The molecule has 0 amide bonds. The number of fused-ring (bicyclic) bond motifs is 1. The fourth-order valence-corrected chi connectivity index (χ4v) is 4.35. The first kappa shape index (κ1) is 14.0. The SMILES string of the molecule is CN1CCN(C)C(Cc2nc3c(s2)CCC3C(=O)O)C1. The van der Waals surface area contributed by atoms with E-state index in [1.807, 2.05) is 0 Å². The molecule has 2 aliphatic rings. The second-order valence-electron chi connectivity index (χ2n) is 5.95. The summed E-state index contributed by atoms with van der Waals surface area (Å²) in [5, 5.41) is 10.3. The lowest BCUT2D eigenvalue weighted by Gasteiger charge is -2.37. The number of aromatic nitrogens is 1. The highest BCUT2D eigenvalue weighted by Crippen LogP contribution is 2.37. The van der Waals surface area contributed by atoms with Crippen molar-refractivity contribution in [1.82, 2.24) is 14.8 Å². The Morgan fingerprint density at radius 1 is 1.45 bits per heavy atom. The number of carboxylic acid groups (broad SMARTS) is 1. The maximum Gasteiger partial charge on any atom is 0.312 e. The van der Waals surface area contributed by atoms with Gasteiger partial charge in [0.05, 0.1) is 10.7 Å². The molecule has 2 atom stereocenters. The zero-order valence-corrected chi connectivity index (χ0v) is 12.8. The number of hydrogen-bond donors (Lipinski definition) is 1. The number of hydrogen-bond acceptors (Lipinski definition) is 5. The molecule has 6 heteroatoms. The molecule has 110 valence electrons. The van der Waals surface area contributed by atoms with Crippen LogP contribution in [-0.2, 0) is 17.6 Å². The minimum atomic E-state index is -0.727. The first-order valence-electron chi connectivity index (χ1n) is 7.14. The molecule has 1 aromatic rings. The molecule has 1 aromatic heterocycles. The molecule has 20 heavy (non-hydrogen) atoms. The second kappa shape index (κ2) is 5.42. The lowest BCUT2D eigenvalue weighted by atomic mass is 10.1. The van der Waals surface area contributed by atoms with Crippen LogP contribution in [0.2, 0.25) is 0 Å². The van der Waals surface area contributed by atoms with Crippen molar-refractivity contribution in [2.45, 2.75) is 31.2 Å². The number of piperazine rings is 1. The molecule has 5 nitrogen and oxygen atoms in total. The molecule has 1 saturated heterocycles. The summed E-state index contributed by atoms with van der Waals surface area (Å²) in [6, 6.07) is 0.489. The number of thiazole rings is 1. The largest absolute Gasteiger partial charge is 0.481 e. The molecular formula is C14H21N3O2S. The third-order valence-corrected chi connectivity index (χ3v) is 5.60. The number of aliphatic carboxylic acids is 1. The van der Waals surface area contributed by atoms with Crippen molar-refractivity contribution in [3.8, 4) is 0 Å². The van der Waals surface area contributed by atoms with Gasteiger partial charge in [0.25, 0.3) is 0 Å². The molecule has 0 aromatic carbocycles. The number of rotatable bonds is 3. The molecule has 1 N–H and O–H groups in total. The van der Waals surface area contributed by atoms with E-state index < -0.39 is 5.97 Å². The summed E-state index contributed by atoms with van der Waals surface area (Å²) in [6.07, 6.45) is 2.53. The summed E-state index contributed by atoms with van der Waals surface area (Å²) < 4.78 is 0. The second-order valence-corrected chi connectivity index (χ2v) is 7.11. The monoisotopic (exact) mass is 295 g/mol. The van der Waals surface area contributed by atoms with Gasteiger partial charge < -0.3 is 14.9 Å². The predicted molar refractivity (Wildman–Crippen MR) is 78.4 cm³/mol. The summed E-state index contributed by atoms with van der Waals surface area (Å²) in [6.45, 7) is 3.26. The van der Waals surface area contributed by atoms with Crippen LogP contribution in [0.4, 0.5) is 0 Å². The Morgan fingerprint density at radius 2 is 2.25 bits per heavy atom. The molecular weight excluding hydrogens is 274 g/mol. The van der Waals surface area contributed by atoms with Gasteiger partial charge in [-0.1, -0.05) is 0 Å². The molecule has 0 saturated carbocycles. The summed E-state index contributed by atoms with van der Waals surface area (Å²) in [5.74, 6) is -1.10. The van der Waals surface area contributed by atoms with Crippen molar-refractivity contribution >= 4 is 17.3 Å². The summed E-state index contributed by atoms with van der Waals surface area (Å²) >= 11 is 1.72. The van der Waals surface area contributed by atoms with Crippen LogP contribution < -0.4 is 0 Å². The van der Waals surface area contributed by atoms with E-state index in [2.05, 4.69) is 28.9 Å². The van der Waals surface area contributed by atoms with Crippen LogP contribution in [-0.4, -0.2) is 65.6 Å². The highest BCUT2D eigenvalue weighted by molar-refractivity contribution is 7.11. The van der Waals surface area contributed by atoms with Crippen LogP contribution in [0, 0.1) is 0 Å². The molecule has 0 spiro atoms. The van der Waals surface area contributed by atoms with Crippen molar-refractivity contribution in [3.63, 3.8) is 0 Å². The van der Waals surface area contributed by atoms with Gasteiger partial charge in [-0.25, -0.2) is 4.98 Å². The highest BCUT2D eigenvalue weighted by Gasteiger charge is 2.33. The first-order valence-corrected chi connectivity index (χ1v) is 7.96. The van der Waals surface area contributed by atoms with E-state index in [9.17, 15) is 9.90 Å². The van der Waals surface area contributed by atoms with Crippen LogP contribution >= 0.6 is 11.3 Å². The Balaban J connectivity index is 1.73. The molecule has 0 radical (unpaired) electrons. The van der Waals surface area contributed by atoms with E-state index in [-0.39, 0.29) is 5.92 Å². The number of carboxylic acids is 1. The third kappa shape index (κ3) is 2.60. The van der Waals surface area contributed by atoms with Crippen molar-refractivity contribution in [2.75, 3.05) is 33.7 Å². The van der Waals surface area contributed by atoms with Gasteiger partial charge >= 0.3 is 5.97 Å². The number of nitrogens with zero attached hydrogens (tertiary/aromatic N) is 3. The molecule has 1 aliphatic carbocycles. The number of aryl methyl sites for hydroxylation is 1. The Labute approximate surface area is 123 Å². The smallest absolute Gasteiger partial charge is 0.312 e. The zero-order chi connectivity index (χ0) is 14.3. The van der Waals surface area contributed by atoms with Crippen molar-refractivity contribution in [2.24, 2.45) is 0 Å². The van der Waals surface area contributed by atoms with Gasteiger partial charge in [-0.15, -0.1) is 11.3 Å². The van der Waals surface area contributed by atoms with Gasteiger partial charge in [-0.3, -0.25) is 4.79 Å². The quantitative estimate of drug-likeness (QED) is 0.903. The lowest BCUT2D eigenvalue weighted by molar-refractivity contribution is -0.138. The molecule has 2 heterocycles. The molecule has 1 aliphatic heterocycles. The zero-order valence-electron chi connectivity index (χ0n) is 12.0. The Kier molecular flexibility index (Phi) is 3.79. The van der Waals surface area contributed by atoms with E-state index in [1.165, 1.54) is 4.88 Å². The lowest BCUT2D eigenvalue weighted by Crippen LogP contribution is -2.50. The first-order chi connectivity index (χ1) is 9.54. The maximum atomic E-state index is 11.2. The van der Waals surface area contributed by atoms with Crippen molar-refractivity contribution in [1.29, 1.82) is 0 Å². The number of likely N-dealkylation sites (N-methyl/N-ethyl adjacent to an activating group) is 2. The van der Waals surface area contributed by atoms with Crippen molar-refractivity contribution < 1.29 is 9.90 Å². The van der Waals surface area contributed by atoms with Crippen LogP contribution in [0.3, 0.4) is 0 Å². The van der Waals surface area contributed by atoms with Crippen LogP contribution in [0.1, 0.15) is 27.9 Å². The summed E-state index contributed by atoms with van der Waals surface area (Å²) in [5.41, 5.74) is 0.837. The molecule has 3 rings (SSSR count). The van der Waals surface area contributed by atoms with E-state index >= 15 is 0 Å². The normalized spacial score (nSPS) is 27.7. The average Bonchev–Trinajstić information content (AvgIpc) is 2.92. The standard InChI is InChI=1S/C14H21N3O2S/c1-16-5-6-17(2)9(8-16)7-12-15-13-10(14(18)19)3-4-11(13)20-12/h9-10H,3-8H2,1-2H3,(H,18,19). The summed E-state index contributed by atoms with van der Waals surface area (Å²) in [7, 11) is 4.32. The average molecular weight is 295 g/mol. The van der Waals surface area contributed by atoms with Crippen molar-refractivity contribution in [3.05, 3.63) is 15.6 Å². The third-order valence-electron chi connectivity index (χ3n) is 4.45. The van der Waals surface area contributed by atoms with Crippen LogP contribution in [0.25, 0.3) is 0 Å². The fourth-order valence-electron chi connectivity index (χ4n) is 3.13. The van der Waals surface area contributed by atoms with Gasteiger partial charge in [0.1, 0.15) is 5.92 Å². The van der Waals surface area contributed by atoms with Gasteiger partial charge in [0.15, 0.2) is 0 Å². The topological polar surface area (TPSA) is 56.7 Å². The number of carbonyl (C=O) groups is 1. The van der Waals surface area contributed by atoms with E-state index in [0.29, 0.717) is 6.04 Å². The Hall–Kier alpha value is -0.980. The maximum absolute atomic E-state index is 11.2. The minimum absolute atomic E-state index is 0.373. The van der Waals surface area contributed by atoms with Gasteiger partial charge in [-0.05, 0) is 26.9 Å². The van der Waals surface area contributed by atoms with Gasteiger partial charge in [-0.2, -0.15) is 0 Å². The van der Waals surface area contributed by atoms with E-state index in [4.69, 9.17) is 0 Å². The Bertz CT molecular complexity index is 517. The van der Waals surface area contributed by atoms with Crippen LogP contribution in [0.5, 0.6) is 0 Å². The predicted octanol–water partition coefficient (Wildman–Crippen LogP) is 1.05. The minimum Gasteiger partial charge on any atom is -0.481 e. The van der Waals surface area contributed by atoms with Gasteiger partial charge in [0, 0.05) is 37.0 Å².